The third-order valence-electron chi connectivity index (χ3n) is 4.17. The molecular weight excluding hydrogens is 370 g/mol. The molecule has 1 aliphatic heterocycles. The molecule has 0 unspecified atom stereocenters. The predicted octanol–water partition coefficient (Wildman–Crippen LogP) is 0.957. The van der Waals surface area contributed by atoms with Crippen molar-refractivity contribution >= 4 is 27.5 Å². The van der Waals surface area contributed by atoms with Crippen LogP contribution in [0.25, 0.3) is 0 Å². The van der Waals surface area contributed by atoms with E-state index in [1.54, 1.807) is 23.6 Å². The molecule has 0 amide bonds. The Labute approximate surface area is 159 Å². The summed E-state index contributed by atoms with van der Waals surface area (Å²) in [4.78, 5) is 16.6. The molecule has 1 aliphatic rings. The Hall–Kier alpha value is -2.40. The topological polar surface area (TPSA) is 105 Å². The lowest BCUT2D eigenvalue weighted by Gasteiger charge is -2.28. The maximum atomic E-state index is 12.7. The van der Waals surface area contributed by atoms with Gasteiger partial charge >= 0.3 is 0 Å². The molecule has 148 valence electrons. The van der Waals surface area contributed by atoms with E-state index in [0.717, 1.165) is 0 Å². The molecule has 11 heteroatoms. The number of hydrogen-bond acceptors (Lipinski definition) is 8. The van der Waals surface area contributed by atoms with E-state index in [1.807, 2.05) is 18.7 Å². The lowest BCUT2D eigenvalue weighted by atomic mass is 10.4. The molecule has 0 atom stereocenters. The molecule has 10 nitrogen and oxygen atoms in total. The van der Waals surface area contributed by atoms with Crippen molar-refractivity contribution in [3.05, 3.63) is 18.7 Å². The van der Waals surface area contributed by atoms with Crippen LogP contribution in [0.15, 0.2) is 23.7 Å². The molecule has 1 N–H and O–H groups in total. The summed E-state index contributed by atoms with van der Waals surface area (Å²) in [6.45, 7) is 6.54. The molecule has 3 rings (SSSR count). The van der Waals surface area contributed by atoms with Gasteiger partial charge in [-0.05, 0) is 13.8 Å². The fourth-order valence-electron chi connectivity index (χ4n) is 2.63. The van der Waals surface area contributed by atoms with E-state index in [4.69, 9.17) is 4.74 Å². The van der Waals surface area contributed by atoms with Crippen LogP contribution in [-0.2, 0) is 14.8 Å². The number of rotatable bonds is 6. The summed E-state index contributed by atoms with van der Waals surface area (Å²) in [7, 11) is -0.237. The maximum absolute atomic E-state index is 12.7. The van der Waals surface area contributed by atoms with Gasteiger partial charge in [0.2, 0.25) is 5.95 Å². The molecular formula is C16H25N7O3S. The lowest BCUT2D eigenvalue weighted by Crippen LogP contribution is -2.37. The number of imidazole rings is 1. The standard InChI is InChI=1S/C16H25N7O3S/c1-12(2)23-10-14(18-11-23)27(24,25)20-13-9-17-16(19-15(13)21(3)4)22-5-7-26-8-6-22/h9-12,20H,5-8H2,1-4H3. The molecule has 0 saturated carbocycles. The SMILES string of the molecule is CC(C)n1cnc(S(=O)(=O)Nc2cnc(N3CCOCC3)nc2N(C)C)c1. The van der Waals surface area contributed by atoms with Crippen LogP contribution in [0.4, 0.5) is 17.5 Å². The molecule has 3 heterocycles. The van der Waals surface area contributed by atoms with Gasteiger partial charge in [0.05, 0.1) is 25.7 Å². The van der Waals surface area contributed by atoms with Crippen LogP contribution >= 0.6 is 0 Å². The van der Waals surface area contributed by atoms with E-state index in [2.05, 4.69) is 19.7 Å². The van der Waals surface area contributed by atoms with Crippen molar-refractivity contribution in [2.75, 3.05) is 54.9 Å². The van der Waals surface area contributed by atoms with Gasteiger partial charge in [-0.25, -0.2) is 9.97 Å². The number of anilines is 3. The van der Waals surface area contributed by atoms with Gasteiger partial charge in [-0.15, -0.1) is 0 Å². The number of nitrogens with zero attached hydrogens (tertiary/aromatic N) is 6. The van der Waals surface area contributed by atoms with E-state index in [-0.39, 0.29) is 11.1 Å². The van der Waals surface area contributed by atoms with E-state index in [0.29, 0.717) is 43.8 Å². The van der Waals surface area contributed by atoms with Crippen molar-refractivity contribution < 1.29 is 13.2 Å². The summed E-state index contributed by atoms with van der Waals surface area (Å²) >= 11 is 0. The molecule has 2 aromatic rings. The molecule has 27 heavy (non-hydrogen) atoms. The molecule has 0 aromatic carbocycles. The largest absolute Gasteiger partial charge is 0.378 e. The Kier molecular flexibility index (Phi) is 5.51. The zero-order valence-corrected chi connectivity index (χ0v) is 16.8. The second-order valence-corrected chi connectivity index (χ2v) is 8.39. The van der Waals surface area contributed by atoms with Crippen molar-refractivity contribution in [3.63, 3.8) is 0 Å². The van der Waals surface area contributed by atoms with Gasteiger partial charge in [0, 0.05) is 39.4 Å². The highest BCUT2D eigenvalue weighted by Crippen LogP contribution is 2.26. The number of nitrogens with one attached hydrogen (secondary N) is 1. The Balaban J connectivity index is 1.88. The number of hydrogen-bond donors (Lipinski definition) is 1. The highest BCUT2D eigenvalue weighted by molar-refractivity contribution is 7.92. The van der Waals surface area contributed by atoms with Gasteiger partial charge in [-0.3, -0.25) is 4.72 Å². The molecule has 0 spiro atoms. The van der Waals surface area contributed by atoms with E-state index in [9.17, 15) is 8.42 Å². The number of ether oxygens (including phenoxy) is 1. The highest BCUT2D eigenvalue weighted by atomic mass is 32.2. The van der Waals surface area contributed by atoms with Gasteiger partial charge < -0.3 is 19.1 Å². The summed E-state index contributed by atoms with van der Waals surface area (Å²) in [6.07, 6.45) is 4.50. The number of sulfonamides is 1. The van der Waals surface area contributed by atoms with Crippen LogP contribution in [0.3, 0.4) is 0 Å². The van der Waals surface area contributed by atoms with Crippen LogP contribution in [0.1, 0.15) is 19.9 Å². The van der Waals surface area contributed by atoms with Crippen molar-refractivity contribution in [1.82, 2.24) is 19.5 Å². The first-order valence-electron chi connectivity index (χ1n) is 8.71. The van der Waals surface area contributed by atoms with Crippen molar-refractivity contribution in [2.45, 2.75) is 24.9 Å². The third kappa shape index (κ3) is 4.30. The smallest absolute Gasteiger partial charge is 0.281 e. The van der Waals surface area contributed by atoms with Gasteiger partial charge in [0.25, 0.3) is 10.0 Å². The van der Waals surface area contributed by atoms with Crippen molar-refractivity contribution in [3.8, 4) is 0 Å². The monoisotopic (exact) mass is 395 g/mol. The van der Waals surface area contributed by atoms with Crippen molar-refractivity contribution in [1.29, 1.82) is 0 Å². The molecule has 0 radical (unpaired) electrons. The Morgan fingerprint density at radius 1 is 1.22 bits per heavy atom. The van der Waals surface area contributed by atoms with Gasteiger partial charge in [0.1, 0.15) is 5.69 Å². The minimum absolute atomic E-state index is 0.0434. The molecule has 1 fully saturated rings. The third-order valence-corrected chi connectivity index (χ3v) is 5.42. The van der Waals surface area contributed by atoms with Crippen LogP contribution in [-0.4, -0.2) is 68.3 Å². The van der Waals surface area contributed by atoms with E-state index >= 15 is 0 Å². The predicted molar refractivity (Wildman–Crippen MR) is 103 cm³/mol. The fraction of sp³-hybridized carbons (Fsp3) is 0.562. The molecule has 0 bridgehead atoms. The zero-order chi connectivity index (χ0) is 19.6. The zero-order valence-electron chi connectivity index (χ0n) is 16.0. The molecule has 2 aromatic heterocycles. The van der Waals surface area contributed by atoms with Crippen LogP contribution < -0.4 is 14.5 Å². The Bertz CT molecular complexity index is 889. The second kappa shape index (κ2) is 7.69. The summed E-state index contributed by atoms with van der Waals surface area (Å²) in [6, 6.07) is 0.120. The fourth-order valence-corrected chi connectivity index (χ4v) is 3.61. The first-order valence-corrected chi connectivity index (χ1v) is 10.2. The second-order valence-electron chi connectivity index (χ2n) is 6.76. The van der Waals surface area contributed by atoms with Crippen molar-refractivity contribution in [2.24, 2.45) is 0 Å². The van der Waals surface area contributed by atoms with Gasteiger partial charge in [-0.2, -0.15) is 13.4 Å². The van der Waals surface area contributed by atoms with Crippen LogP contribution in [0.5, 0.6) is 0 Å². The van der Waals surface area contributed by atoms with E-state index < -0.39 is 10.0 Å². The molecule has 1 saturated heterocycles. The minimum atomic E-state index is -3.84. The quantitative estimate of drug-likeness (QED) is 0.771. The first-order chi connectivity index (χ1) is 12.8. The normalized spacial score (nSPS) is 15.2. The minimum Gasteiger partial charge on any atom is -0.378 e. The molecule has 0 aliphatic carbocycles. The van der Waals surface area contributed by atoms with E-state index in [1.165, 1.54) is 18.7 Å². The average Bonchev–Trinajstić information content (AvgIpc) is 3.14. The highest BCUT2D eigenvalue weighted by Gasteiger charge is 2.23. The van der Waals surface area contributed by atoms with Gasteiger partial charge in [0.15, 0.2) is 10.8 Å². The summed E-state index contributed by atoms with van der Waals surface area (Å²) in [5, 5.41) is -0.0434. The first kappa shape index (κ1) is 19.4. The Morgan fingerprint density at radius 2 is 1.93 bits per heavy atom. The summed E-state index contributed by atoms with van der Waals surface area (Å²) < 4.78 is 35.1. The number of aromatic nitrogens is 4. The Morgan fingerprint density at radius 3 is 2.52 bits per heavy atom. The van der Waals surface area contributed by atoms with Gasteiger partial charge in [-0.1, -0.05) is 0 Å². The summed E-state index contributed by atoms with van der Waals surface area (Å²) in [5.74, 6) is 1.03. The van der Waals surface area contributed by atoms with Crippen LogP contribution in [0.2, 0.25) is 0 Å². The average molecular weight is 395 g/mol. The number of morpholine rings is 1. The maximum Gasteiger partial charge on any atom is 0.281 e. The lowest BCUT2D eigenvalue weighted by molar-refractivity contribution is 0.122. The summed E-state index contributed by atoms with van der Waals surface area (Å²) in [5.41, 5.74) is 0.302. The van der Waals surface area contributed by atoms with Crippen LogP contribution in [0, 0.1) is 0 Å².